The molecular formula is C28H20BrClN2O7S. The lowest BCUT2D eigenvalue weighted by Gasteiger charge is -2.09. The molecule has 0 atom stereocenters. The maximum absolute atomic E-state index is 12.8. The minimum absolute atomic E-state index is 0.0110. The Labute approximate surface area is 246 Å². The molecule has 0 saturated carbocycles. The summed E-state index contributed by atoms with van der Waals surface area (Å²) in [7, 11) is 0. The third-order valence-electron chi connectivity index (χ3n) is 5.45. The summed E-state index contributed by atoms with van der Waals surface area (Å²) in [5, 5.41) is 22.1. The number of nitro groups is 1. The highest BCUT2D eigenvalue weighted by molar-refractivity contribution is 9.10. The summed E-state index contributed by atoms with van der Waals surface area (Å²) in [6.07, 6.45) is 1.62. The first kappa shape index (κ1) is 29.1. The van der Waals surface area contributed by atoms with Crippen LogP contribution in [0.1, 0.15) is 28.4 Å². The summed E-state index contributed by atoms with van der Waals surface area (Å²) in [5.41, 5.74) is 1.19. The maximum atomic E-state index is 12.8. The number of halogens is 2. The van der Waals surface area contributed by atoms with Crippen LogP contribution in [0.15, 0.2) is 92.4 Å². The molecule has 3 aromatic rings. The van der Waals surface area contributed by atoms with Gasteiger partial charge in [-0.2, -0.15) is 0 Å². The first-order valence-electron chi connectivity index (χ1n) is 11.7. The van der Waals surface area contributed by atoms with Gasteiger partial charge in [0.2, 0.25) is 0 Å². The van der Waals surface area contributed by atoms with Crippen LogP contribution in [0.2, 0.25) is 5.02 Å². The number of esters is 1. The zero-order valence-electron chi connectivity index (χ0n) is 20.8. The highest BCUT2D eigenvalue weighted by Crippen LogP contribution is 2.40. The van der Waals surface area contributed by atoms with E-state index in [0.717, 1.165) is 11.8 Å². The highest BCUT2D eigenvalue weighted by atomic mass is 79.9. The molecule has 0 aromatic heterocycles. The lowest BCUT2D eigenvalue weighted by molar-refractivity contribution is -0.384. The zero-order valence-corrected chi connectivity index (χ0v) is 24.0. The number of aliphatic imine (C=N–C) groups is 1. The molecule has 4 rings (SSSR count). The summed E-state index contributed by atoms with van der Waals surface area (Å²) in [6.45, 7) is 1.80. The molecule has 0 fully saturated rings. The normalized spacial score (nSPS) is 15.0. The molecule has 1 heterocycles. The van der Waals surface area contributed by atoms with Gasteiger partial charge in [-0.15, -0.1) is 0 Å². The van der Waals surface area contributed by atoms with Crippen LogP contribution in [0.5, 0.6) is 5.75 Å². The number of hydrogen-bond donors (Lipinski definition) is 1. The third-order valence-corrected chi connectivity index (χ3v) is 7.42. The van der Waals surface area contributed by atoms with E-state index in [2.05, 4.69) is 20.9 Å². The van der Waals surface area contributed by atoms with Crippen LogP contribution in [0, 0.1) is 10.1 Å². The number of hydrogen-bond acceptors (Lipinski definition) is 8. The molecule has 40 heavy (non-hydrogen) atoms. The number of rotatable bonds is 8. The molecule has 1 amide bonds. The van der Waals surface area contributed by atoms with E-state index in [4.69, 9.17) is 21.1 Å². The number of benzene rings is 3. The van der Waals surface area contributed by atoms with Gasteiger partial charge in [-0.1, -0.05) is 53.7 Å². The Bertz CT molecular complexity index is 1600. The van der Waals surface area contributed by atoms with Gasteiger partial charge < -0.3 is 14.6 Å². The van der Waals surface area contributed by atoms with Gasteiger partial charge >= 0.3 is 5.97 Å². The van der Waals surface area contributed by atoms with E-state index in [9.17, 15) is 24.8 Å². The van der Waals surface area contributed by atoms with Gasteiger partial charge in [-0.25, -0.2) is 9.79 Å². The Balaban J connectivity index is 1.58. The fourth-order valence-electron chi connectivity index (χ4n) is 3.58. The predicted molar refractivity (Wildman–Crippen MR) is 157 cm³/mol. The standard InChI is InChI=1S/C28H20BrClN2O7S/c1-2-38-28(35)24-25(33)23(40-27(24)31-26(34)19-8-3-4-9-21(19)30)14-16-10-11-22(20(29)13-16)39-15-17-6-5-7-18(12-17)32(36)37/h3-14,33H,2,15H2,1H3/b23-14-,31-27?. The van der Waals surface area contributed by atoms with Crippen LogP contribution in [-0.4, -0.2) is 33.6 Å². The van der Waals surface area contributed by atoms with Gasteiger partial charge in [-0.3, -0.25) is 14.9 Å². The van der Waals surface area contributed by atoms with E-state index in [1.165, 1.54) is 18.2 Å². The molecule has 9 nitrogen and oxygen atoms in total. The number of carbonyl (C=O) groups is 2. The lowest BCUT2D eigenvalue weighted by atomic mass is 10.1. The van der Waals surface area contributed by atoms with Gasteiger partial charge in [-0.05, 0) is 64.3 Å². The molecule has 3 aromatic carbocycles. The number of nitrogens with zero attached hydrogens (tertiary/aromatic N) is 2. The van der Waals surface area contributed by atoms with Crippen LogP contribution in [0.4, 0.5) is 5.69 Å². The van der Waals surface area contributed by atoms with Gasteiger partial charge in [0.15, 0.2) is 0 Å². The second-order valence-electron chi connectivity index (χ2n) is 8.16. The van der Waals surface area contributed by atoms with E-state index in [-0.39, 0.29) is 50.8 Å². The molecule has 0 spiro atoms. The van der Waals surface area contributed by atoms with Gasteiger partial charge in [0.05, 0.1) is 31.5 Å². The quantitative estimate of drug-likeness (QED) is 0.154. The molecule has 0 unspecified atom stereocenters. The summed E-state index contributed by atoms with van der Waals surface area (Å²) in [6, 6.07) is 17.7. The lowest BCUT2D eigenvalue weighted by Crippen LogP contribution is -2.14. The number of nitro benzene ring substituents is 1. The van der Waals surface area contributed by atoms with Crippen molar-refractivity contribution in [2.75, 3.05) is 6.61 Å². The van der Waals surface area contributed by atoms with E-state index in [1.807, 2.05) is 0 Å². The van der Waals surface area contributed by atoms with Crippen LogP contribution >= 0.6 is 39.3 Å². The van der Waals surface area contributed by atoms with Gasteiger partial charge in [0.25, 0.3) is 11.6 Å². The number of non-ortho nitro benzene ring substituents is 1. The first-order valence-corrected chi connectivity index (χ1v) is 13.7. The Kier molecular flexibility index (Phi) is 9.41. The monoisotopic (exact) mass is 642 g/mol. The van der Waals surface area contributed by atoms with E-state index >= 15 is 0 Å². The van der Waals surface area contributed by atoms with Crippen molar-refractivity contribution in [2.45, 2.75) is 13.5 Å². The number of aliphatic hydroxyl groups excluding tert-OH is 1. The van der Waals surface area contributed by atoms with Crippen LogP contribution in [0.3, 0.4) is 0 Å². The molecule has 1 N–H and O–H groups in total. The molecule has 0 radical (unpaired) electrons. The molecule has 12 heteroatoms. The molecule has 0 aliphatic carbocycles. The molecule has 0 saturated heterocycles. The van der Waals surface area contributed by atoms with Crippen molar-refractivity contribution in [1.29, 1.82) is 0 Å². The van der Waals surface area contributed by atoms with Crippen LogP contribution in [-0.2, 0) is 16.1 Å². The maximum Gasteiger partial charge on any atom is 0.344 e. The second kappa shape index (κ2) is 12.9. The summed E-state index contributed by atoms with van der Waals surface area (Å²) in [4.78, 5) is 40.3. The van der Waals surface area contributed by atoms with E-state index < -0.39 is 16.8 Å². The smallest absolute Gasteiger partial charge is 0.344 e. The van der Waals surface area contributed by atoms with E-state index in [1.54, 1.807) is 61.5 Å². The molecule has 204 valence electrons. The van der Waals surface area contributed by atoms with Crippen molar-refractivity contribution < 1.29 is 29.1 Å². The first-order chi connectivity index (χ1) is 19.2. The van der Waals surface area contributed by atoms with Crippen molar-refractivity contribution in [3.8, 4) is 5.75 Å². The number of carbonyl (C=O) groups excluding carboxylic acids is 2. The van der Waals surface area contributed by atoms with Gasteiger partial charge in [0, 0.05) is 12.1 Å². The van der Waals surface area contributed by atoms with Crippen LogP contribution < -0.4 is 4.74 Å². The average Bonchev–Trinajstić information content (AvgIpc) is 3.22. The molecular weight excluding hydrogens is 624 g/mol. The zero-order chi connectivity index (χ0) is 28.8. The third kappa shape index (κ3) is 6.79. The Hall–Kier alpha value is -3.93. The predicted octanol–water partition coefficient (Wildman–Crippen LogP) is 7.29. The SMILES string of the molecule is CCOC(=O)C1=C(O)/C(=C/c2ccc(OCc3cccc([N+](=O)[O-])c3)c(Br)c2)SC1=NC(=O)c1ccccc1Cl. The second-order valence-corrected chi connectivity index (χ2v) is 10.5. The summed E-state index contributed by atoms with van der Waals surface area (Å²) >= 11 is 10.5. The van der Waals surface area contributed by atoms with E-state index in [0.29, 0.717) is 21.3 Å². The molecule has 1 aliphatic heterocycles. The van der Waals surface area contributed by atoms with Crippen molar-refractivity contribution in [3.63, 3.8) is 0 Å². The average molecular weight is 644 g/mol. The summed E-state index contributed by atoms with van der Waals surface area (Å²) in [5.74, 6) is -1.35. The summed E-state index contributed by atoms with van der Waals surface area (Å²) < 4.78 is 11.5. The number of thioether (sulfide) groups is 1. The number of ether oxygens (including phenoxy) is 2. The van der Waals surface area contributed by atoms with Crippen LogP contribution in [0.25, 0.3) is 6.08 Å². The Morgan fingerprint density at radius 3 is 2.62 bits per heavy atom. The highest BCUT2D eigenvalue weighted by Gasteiger charge is 2.34. The topological polar surface area (TPSA) is 128 Å². The van der Waals surface area contributed by atoms with Crippen molar-refractivity contribution in [3.05, 3.63) is 119 Å². The van der Waals surface area contributed by atoms with Crippen molar-refractivity contribution in [1.82, 2.24) is 0 Å². The number of amides is 1. The molecule has 1 aliphatic rings. The fourth-order valence-corrected chi connectivity index (χ4v) is 5.32. The van der Waals surface area contributed by atoms with Gasteiger partial charge in [0.1, 0.15) is 28.7 Å². The van der Waals surface area contributed by atoms with Crippen molar-refractivity contribution in [2.24, 2.45) is 4.99 Å². The Morgan fingerprint density at radius 1 is 1.15 bits per heavy atom. The minimum atomic E-state index is -0.812. The van der Waals surface area contributed by atoms with Crippen molar-refractivity contribution >= 4 is 68.0 Å². The largest absolute Gasteiger partial charge is 0.506 e. The fraction of sp³-hybridized carbons (Fsp3) is 0.107. The Morgan fingerprint density at radius 2 is 1.93 bits per heavy atom. The number of aliphatic hydroxyl groups is 1. The minimum Gasteiger partial charge on any atom is -0.506 e. The molecule has 0 bridgehead atoms.